The lowest BCUT2D eigenvalue weighted by molar-refractivity contribution is 0.280. The van der Waals surface area contributed by atoms with Crippen LogP contribution in [0.4, 0.5) is 0 Å². The predicted molar refractivity (Wildman–Crippen MR) is 70.5 cm³/mol. The van der Waals surface area contributed by atoms with E-state index in [2.05, 4.69) is 45.7 Å². The Bertz CT molecular complexity index is 227. The van der Waals surface area contributed by atoms with Crippen LogP contribution in [0.25, 0.3) is 0 Å². The Labute approximate surface area is 96.7 Å². The Hall–Kier alpha value is -0.263. The van der Waals surface area contributed by atoms with Crippen molar-refractivity contribution in [2.75, 3.05) is 6.61 Å². The van der Waals surface area contributed by atoms with Crippen molar-refractivity contribution in [3.63, 3.8) is 0 Å². The Morgan fingerprint density at radius 2 is 1.73 bits per heavy atom. The Kier molecular flexibility index (Phi) is 6.24. The Morgan fingerprint density at radius 1 is 1.13 bits per heavy atom. The van der Waals surface area contributed by atoms with Crippen LogP contribution in [-0.2, 0) is 4.43 Å². The van der Waals surface area contributed by atoms with Gasteiger partial charge in [0.2, 0.25) is 0 Å². The van der Waals surface area contributed by atoms with Crippen molar-refractivity contribution in [2.24, 2.45) is 0 Å². The molecule has 88 valence electrons. The lowest BCUT2D eigenvalue weighted by atomic mass is 10.2. The summed E-state index contributed by atoms with van der Waals surface area (Å²) >= 11 is 0. The average Bonchev–Trinajstić information content (AvgIpc) is 2.09. The van der Waals surface area contributed by atoms with E-state index in [-0.39, 0.29) is 0 Å². The molecule has 0 radical (unpaired) electrons. The quantitative estimate of drug-likeness (QED) is 0.388. The van der Waals surface area contributed by atoms with Crippen LogP contribution in [0.15, 0.2) is 0 Å². The summed E-state index contributed by atoms with van der Waals surface area (Å²) in [5, 5.41) is 0.330. The van der Waals surface area contributed by atoms with Gasteiger partial charge in [-0.2, -0.15) is 0 Å². The molecule has 15 heavy (non-hydrogen) atoms. The molecule has 0 heterocycles. The molecule has 0 rings (SSSR count). The molecule has 2 heteroatoms. The van der Waals surface area contributed by atoms with Crippen molar-refractivity contribution in [3.05, 3.63) is 0 Å². The minimum atomic E-state index is -1.51. The topological polar surface area (TPSA) is 9.23 Å². The molecule has 0 N–H and O–H groups in total. The summed E-state index contributed by atoms with van der Waals surface area (Å²) in [6.07, 6.45) is 3.31. The van der Waals surface area contributed by atoms with Gasteiger partial charge in [0.15, 0.2) is 8.32 Å². The highest BCUT2D eigenvalue weighted by atomic mass is 28.4. The van der Waals surface area contributed by atoms with E-state index in [4.69, 9.17) is 4.43 Å². The fourth-order valence-corrected chi connectivity index (χ4v) is 2.07. The van der Waals surface area contributed by atoms with Gasteiger partial charge in [-0.05, 0) is 37.9 Å². The SMILES string of the molecule is CC#CCCCCO[Si](C)(C)C(C)(C)C. The first-order valence-corrected chi connectivity index (χ1v) is 8.75. The van der Waals surface area contributed by atoms with E-state index in [1.165, 1.54) is 0 Å². The number of rotatable bonds is 5. The van der Waals surface area contributed by atoms with Gasteiger partial charge in [-0.3, -0.25) is 0 Å². The first-order valence-electron chi connectivity index (χ1n) is 5.85. The second-order valence-electron chi connectivity index (χ2n) is 5.49. The second-order valence-corrected chi connectivity index (χ2v) is 10.3. The van der Waals surface area contributed by atoms with Crippen LogP contribution in [0.3, 0.4) is 0 Å². The Morgan fingerprint density at radius 3 is 2.20 bits per heavy atom. The molecule has 0 fully saturated rings. The van der Waals surface area contributed by atoms with Crippen molar-refractivity contribution < 1.29 is 4.43 Å². The van der Waals surface area contributed by atoms with Gasteiger partial charge >= 0.3 is 0 Å². The third kappa shape index (κ3) is 6.02. The fourth-order valence-electron chi connectivity index (χ4n) is 0.984. The predicted octanol–water partition coefficient (Wildman–Crippen LogP) is 4.20. The summed E-state index contributed by atoms with van der Waals surface area (Å²) in [6.45, 7) is 14.2. The van der Waals surface area contributed by atoms with E-state index in [1.807, 2.05) is 6.92 Å². The minimum absolute atomic E-state index is 0.330. The zero-order valence-electron chi connectivity index (χ0n) is 11.2. The molecule has 0 spiro atoms. The number of hydrogen-bond donors (Lipinski definition) is 0. The highest BCUT2D eigenvalue weighted by molar-refractivity contribution is 6.74. The standard InChI is InChI=1S/C13H26OSi/c1-7-8-9-10-11-12-14-15(5,6)13(2,3)4/h9-12H2,1-6H3. The van der Waals surface area contributed by atoms with E-state index in [0.717, 1.165) is 25.9 Å². The van der Waals surface area contributed by atoms with Crippen LogP contribution in [0.2, 0.25) is 18.1 Å². The van der Waals surface area contributed by atoms with Gasteiger partial charge in [0.05, 0.1) is 0 Å². The normalized spacial score (nSPS) is 12.1. The van der Waals surface area contributed by atoms with Crippen molar-refractivity contribution >= 4 is 8.32 Å². The van der Waals surface area contributed by atoms with Gasteiger partial charge in [0.1, 0.15) is 0 Å². The maximum absolute atomic E-state index is 6.06. The molecule has 0 aromatic heterocycles. The van der Waals surface area contributed by atoms with Crippen LogP contribution in [0.1, 0.15) is 47.0 Å². The zero-order valence-corrected chi connectivity index (χ0v) is 12.2. The summed E-state index contributed by atoms with van der Waals surface area (Å²) in [5.74, 6) is 6.00. The molecule has 0 aromatic carbocycles. The van der Waals surface area contributed by atoms with E-state index in [1.54, 1.807) is 0 Å². The monoisotopic (exact) mass is 226 g/mol. The van der Waals surface area contributed by atoms with Crippen LogP contribution in [0.5, 0.6) is 0 Å². The van der Waals surface area contributed by atoms with Gasteiger partial charge < -0.3 is 4.43 Å². The summed E-state index contributed by atoms with van der Waals surface area (Å²) in [7, 11) is -1.51. The first kappa shape index (κ1) is 14.7. The Balaban J connectivity index is 3.70. The summed E-state index contributed by atoms with van der Waals surface area (Å²) in [4.78, 5) is 0. The van der Waals surface area contributed by atoms with E-state index in [9.17, 15) is 0 Å². The van der Waals surface area contributed by atoms with Crippen LogP contribution in [-0.4, -0.2) is 14.9 Å². The van der Waals surface area contributed by atoms with Crippen molar-refractivity contribution in [2.45, 2.75) is 65.1 Å². The van der Waals surface area contributed by atoms with Gasteiger partial charge in [0.25, 0.3) is 0 Å². The molecule has 0 unspecified atom stereocenters. The minimum Gasteiger partial charge on any atom is -0.417 e. The highest BCUT2D eigenvalue weighted by Gasteiger charge is 2.36. The smallest absolute Gasteiger partial charge is 0.191 e. The lowest BCUT2D eigenvalue weighted by Crippen LogP contribution is -2.40. The molecule has 0 aliphatic rings. The summed E-state index contributed by atoms with van der Waals surface area (Å²) in [6, 6.07) is 0. The summed E-state index contributed by atoms with van der Waals surface area (Å²) in [5.41, 5.74) is 0. The maximum Gasteiger partial charge on any atom is 0.191 e. The molecule has 0 aliphatic carbocycles. The zero-order chi connectivity index (χ0) is 11.9. The third-order valence-electron chi connectivity index (χ3n) is 3.14. The van der Waals surface area contributed by atoms with Gasteiger partial charge in [0, 0.05) is 13.0 Å². The molecule has 0 atom stereocenters. The van der Waals surface area contributed by atoms with Gasteiger partial charge in [-0.25, -0.2) is 0 Å². The molecular weight excluding hydrogens is 200 g/mol. The molecule has 1 nitrogen and oxygen atoms in total. The number of hydrogen-bond acceptors (Lipinski definition) is 1. The average molecular weight is 226 g/mol. The number of unbranched alkanes of at least 4 members (excludes halogenated alkanes) is 2. The van der Waals surface area contributed by atoms with Crippen molar-refractivity contribution in [1.29, 1.82) is 0 Å². The molecule has 0 aliphatic heterocycles. The van der Waals surface area contributed by atoms with E-state index >= 15 is 0 Å². The maximum atomic E-state index is 6.06. The largest absolute Gasteiger partial charge is 0.417 e. The fraction of sp³-hybridized carbons (Fsp3) is 0.846. The molecule has 0 saturated carbocycles. The van der Waals surface area contributed by atoms with Crippen LogP contribution in [0, 0.1) is 11.8 Å². The van der Waals surface area contributed by atoms with Crippen molar-refractivity contribution in [1.82, 2.24) is 0 Å². The van der Waals surface area contributed by atoms with E-state index < -0.39 is 8.32 Å². The molecular formula is C13H26OSi. The van der Waals surface area contributed by atoms with Crippen molar-refractivity contribution in [3.8, 4) is 11.8 Å². The van der Waals surface area contributed by atoms with Crippen LogP contribution >= 0.6 is 0 Å². The second kappa shape index (κ2) is 6.35. The molecule has 0 amide bonds. The molecule has 0 saturated heterocycles. The first-order chi connectivity index (χ1) is 6.81. The van der Waals surface area contributed by atoms with Gasteiger partial charge in [-0.15, -0.1) is 11.8 Å². The van der Waals surface area contributed by atoms with Crippen LogP contribution < -0.4 is 0 Å². The van der Waals surface area contributed by atoms with Gasteiger partial charge in [-0.1, -0.05) is 20.8 Å². The lowest BCUT2D eigenvalue weighted by Gasteiger charge is -2.36. The molecule has 0 aromatic rings. The van der Waals surface area contributed by atoms with E-state index in [0.29, 0.717) is 5.04 Å². The summed E-state index contributed by atoms with van der Waals surface area (Å²) < 4.78 is 6.06. The third-order valence-corrected chi connectivity index (χ3v) is 7.68. The molecule has 0 bridgehead atoms. The highest BCUT2D eigenvalue weighted by Crippen LogP contribution is 2.36.